The van der Waals surface area contributed by atoms with E-state index in [4.69, 9.17) is 5.11 Å². The summed E-state index contributed by atoms with van der Waals surface area (Å²) < 4.78 is 0. The molecule has 1 amide bonds. The lowest BCUT2D eigenvalue weighted by atomic mass is 9.43. The molecule has 0 spiro atoms. The van der Waals surface area contributed by atoms with Gasteiger partial charge in [-0.05, 0) is 104 Å². The molecule has 4 saturated carbocycles. The molecule has 0 aromatic heterocycles. The number of aliphatic hydroxyl groups excluding tert-OH is 2. The molecule has 0 aliphatic heterocycles. The van der Waals surface area contributed by atoms with Crippen molar-refractivity contribution in [1.82, 2.24) is 5.32 Å². The first-order valence-corrected chi connectivity index (χ1v) is 12.9. The second-order valence-corrected chi connectivity index (χ2v) is 12.1. The van der Waals surface area contributed by atoms with Gasteiger partial charge in [0, 0.05) is 6.42 Å². The Morgan fingerprint density at radius 1 is 1.00 bits per heavy atom. The van der Waals surface area contributed by atoms with Crippen LogP contribution in [0.5, 0.6) is 0 Å². The second-order valence-electron chi connectivity index (χ2n) is 12.1. The zero-order chi connectivity index (χ0) is 23.3. The topological polar surface area (TPSA) is 107 Å². The van der Waals surface area contributed by atoms with E-state index in [9.17, 15) is 19.8 Å². The van der Waals surface area contributed by atoms with Crippen LogP contribution < -0.4 is 5.32 Å². The summed E-state index contributed by atoms with van der Waals surface area (Å²) in [6.45, 7) is 6.83. The van der Waals surface area contributed by atoms with Gasteiger partial charge in [0.2, 0.25) is 5.91 Å². The van der Waals surface area contributed by atoms with Gasteiger partial charge in [0.1, 0.15) is 6.54 Å². The van der Waals surface area contributed by atoms with Crippen molar-refractivity contribution < 1.29 is 24.9 Å². The minimum atomic E-state index is -1.01. The number of amides is 1. The number of rotatable bonds is 6. The summed E-state index contributed by atoms with van der Waals surface area (Å²) in [7, 11) is 0. The largest absolute Gasteiger partial charge is 0.480 e. The van der Waals surface area contributed by atoms with Crippen LogP contribution in [0.15, 0.2) is 0 Å². The van der Waals surface area contributed by atoms with Crippen molar-refractivity contribution in [1.29, 1.82) is 0 Å². The van der Waals surface area contributed by atoms with Gasteiger partial charge < -0.3 is 20.6 Å². The van der Waals surface area contributed by atoms with Crippen molar-refractivity contribution in [3.05, 3.63) is 0 Å². The van der Waals surface area contributed by atoms with Crippen LogP contribution in [0.2, 0.25) is 0 Å². The molecular weight excluding hydrogens is 406 g/mol. The average Bonchev–Trinajstić information content (AvgIpc) is 3.09. The Balaban J connectivity index is 1.44. The lowest BCUT2D eigenvalue weighted by Crippen LogP contribution is -2.58. The number of fused-ring (bicyclic) bond motifs is 5. The van der Waals surface area contributed by atoms with Gasteiger partial charge in [-0.25, -0.2) is 0 Å². The Morgan fingerprint density at radius 3 is 2.41 bits per heavy atom. The summed E-state index contributed by atoms with van der Waals surface area (Å²) in [6.07, 6.45) is 9.06. The minimum absolute atomic E-state index is 0.177. The second kappa shape index (κ2) is 8.90. The molecule has 182 valence electrons. The number of carboxylic acids is 1. The van der Waals surface area contributed by atoms with Gasteiger partial charge in [-0.1, -0.05) is 20.8 Å². The number of carboxylic acid groups (broad SMARTS) is 1. The highest BCUT2D eigenvalue weighted by Gasteiger charge is 2.62. The quantitative estimate of drug-likeness (QED) is 0.496. The molecule has 4 rings (SSSR count). The Hall–Kier alpha value is -1.14. The normalized spacial score (nSPS) is 46.5. The molecule has 0 saturated heterocycles. The molecule has 32 heavy (non-hydrogen) atoms. The van der Waals surface area contributed by atoms with Gasteiger partial charge in [-0.3, -0.25) is 9.59 Å². The molecule has 0 radical (unpaired) electrons. The average molecular weight is 450 g/mol. The van der Waals surface area contributed by atoms with Crippen LogP contribution in [-0.4, -0.2) is 45.9 Å². The van der Waals surface area contributed by atoms with Crippen molar-refractivity contribution in [2.45, 2.75) is 97.2 Å². The molecule has 4 aliphatic carbocycles. The number of nitrogens with one attached hydrogen (secondary N) is 1. The third kappa shape index (κ3) is 4.11. The molecule has 0 aromatic rings. The van der Waals surface area contributed by atoms with Gasteiger partial charge in [-0.15, -0.1) is 0 Å². The van der Waals surface area contributed by atoms with Crippen LogP contribution in [0, 0.1) is 46.3 Å². The first kappa shape index (κ1) is 24.0. The minimum Gasteiger partial charge on any atom is -0.480 e. The third-order valence-corrected chi connectivity index (χ3v) is 10.7. The van der Waals surface area contributed by atoms with Gasteiger partial charge in [0.25, 0.3) is 0 Å². The lowest BCUT2D eigenvalue weighted by molar-refractivity contribution is -0.174. The fraction of sp³-hybridized carbons (Fsp3) is 0.923. The molecule has 0 aromatic carbocycles. The van der Waals surface area contributed by atoms with Crippen LogP contribution in [0.1, 0.15) is 85.0 Å². The van der Waals surface area contributed by atoms with E-state index in [0.717, 1.165) is 44.9 Å². The molecule has 4 N–H and O–H groups in total. The molecular formula is C26H43NO5. The van der Waals surface area contributed by atoms with Crippen molar-refractivity contribution in [2.24, 2.45) is 46.3 Å². The van der Waals surface area contributed by atoms with Gasteiger partial charge >= 0.3 is 5.97 Å². The number of aliphatic carboxylic acids is 1. The number of aliphatic hydroxyl groups is 2. The summed E-state index contributed by atoms with van der Waals surface area (Å²) in [5.41, 5.74) is 0.451. The maximum atomic E-state index is 12.0. The Morgan fingerprint density at radius 2 is 1.69 bits per heavy atom. The zero-order valence-corrected chi connectivity index (χ0v) is 20.1. The molecule has 6 nitrogen and oxygen atoms in total. The molecule has 6 heteroatoms. The number of hydrogen-bond acceptors (Lipinski definition) is 4. The van der Waals surface area contributed by atoms with E-state index in [0.29, 0.717) is 41.9 Å². The monoisotopic (exact) mass is 449 g/mol. The third-order valence-electron chi connectivity index (χ3n) is 10.7. The van der Waals surface area contributed by atoms with Crippen molar-refractivity contribution >= 4 is 11.9 Å². The van der Waals surface area contributed by atoms with E-state index >= 15 is 0 Å². The summed E-state index contributed by atoms with van der Waals surface area (Å²) in [5.74, 6) is 1.66. The highest BCUT2D eigenvalue weighted by Crippen LogP contribution is 2.68. The maximum Gasteiger partial charge on any atom is 0.322 e. The molecule has 4 fully saturated rings. The van der Waals surface area contributed by atoms with E-state index in [1.54, 1.807) is 0 Å². The molecule has 0 heterocycles. The van der Waals surface area contributed by atoms with Crippen LogP contribution in [0.3, 0.4) is 0 Å². The summed E-state index contributed by atoms with van der Waals surface area (Å²) >= 11 is 0. The molecule has 10 atom stereocenters. The SMILES string of the molecule is C[C@H](CCC(=O)NCC(=O)O)[C@H]1CC[C@H]2[C@@H]3[C@H](O)C[C@@H]4C[C@H](O)CCC4(C)[C@H]3CC[C@]12C. The highest BCUT2D eigenvalue weighted by atomic mass is 16.4. The van der Waals surface area contributed by atoms with Crippen LogP contribution in [-0.2, 0) is 9.59 Å². The van der Waals surface area contributed by atoms with E-state index in [2.05, 4.69) is 26.1 Å². The maximum absolute atomic E-state index is 12.0. The van der Waals surface area contributed by atoms with Gasteiger partial charge in [0.15, 0.2) is 0 Å². The van der Waals surface area contributed by atoms with E-state index in [1.807, 2.05) is 0 Å². The van der Waals surface area contributed by atoms with Crippen LogP contribution in [0.4, 0.5) is 0 Å². The Labute approximate surface area is 192 Å². The molecule has 0 bridgehead atoms. The van der Waals surface area contributed by atoms with Crippen LogP contribution in [0.25, 0.3) is 0 Å². The van der Waals surface area contributed by atoms with E-state index in [1.165, 1.54) is 12.8 Å². The predicted octanol–water partition coefficient (Wildman–Crippen LogP) is 3.59. The van der Waals surface area contributed by atoms with Crippen LogP contribution >= 0.6 is 0 Å². The highest BCUT2D eigenvalue weighted by molar-refractivity contribution is 5.81. The smallest absolute Gasteiger partial charge is 0.322 e. The van der Waals surface area contributed by atoms with Gasteiger partial charge in [0.05, 0.1) is 12.2 Å². The summed E-state index contributed by atoms with van der Waals surface area (Å²) in [4.78, 5) is 22.7. The van der Waals surface area contributed by atoms with E-state index < -0.39 is 5.97 Å². The Kier molecular flexibility index (Phi) is 6.68. The Bertz CT molecular complexity index is 727. The van der Waals surface area contributed by atoms with Crippen molar-refractivity contribution in [3.8, 4) is 0 Å². The van der Waals surface area contributed by atoms with Crippen molar-refractivity contribution in [2.75, 3.05) is 6.54 Å². The number of hydrogen-bond donors (Lipinski definition) is 4. The van der Waals surface area contributed by atoms with Gasteiger partial charge in [-0.2, -0.15) is 0 Å². The first-order chi connectivity index (χ1) is 15.1. The van der Waals surface area contributed by atoms with Crippen molar-refractivity contribution in [3.63, 3.8) is 0 Å². The predicted molar refractivity (Wildman–Crippen MR) is 122 cm³/mol. The fourth-order valence-electron chi connectivity index (χ4n) is 9.00. The lowest BCUT2D eigenvalue weighted by Gasteiger charge is -2.62. The summed E-state index contributed by atoms with van der Waals surface area (Å²) in [5, 5.41) is 32.8. The van der Waals surface area contributed by atoms with E-state index in [-0.39, 0.29) is 35.5 Å². The molecule has 1 unspecified atom stereocenters. The standard InChI is InChI=1S/C26H43NO5/c1-15(4-7-22(30)27-14-23(31)32)18-5-6-19-24-20(9-11-26(18,19)3)25(2)10-8-17(28)12-16(25)13-21(24)29/h15-21,24,28-29H,4-14H2,1-3H3,(H,27,30)(H,31,32)/t15-,16+,17-,18-,19+,20+,21-,24+,25?,26-/m1/s1. The number of carbonyl (C=O) groups excluding carboxylic acids is 1. The summed E-state index contributed by atoms with van der Waals surface area (Å²) in [6, 6.07) is 0. The molecule has 4 aliphatic rings. The zero-order valence-electron chi connectivity index (χ0n) is 20.1. The number of carbonyl (C=O) groups is 2. The fourth-order valence-corrected chi connectivity index (χ4v) is 9.00. The first-order valence-electron chi connectivity index (χ1n) is 12.9.